The molecule has 0 radical (unpaired) electrons. The lowest BCUT2D eigenvalue weighted by atomic mass is 10.2. The van der Waals surface area contributed by atoms with Gasteiger partial charge in [-0.3, -0.25) is 0 Å². The van der Waals surface area contributed by atoms with E-state index < -0.39 is 11.6 Å². The molecule has 13 heavy (non-hydrogen) atoms. The van der Waals surface area contributed by atoms with Crippen LogP contribution >= 0.6 is 15.9 Å². The van der Waals surface area contributed by atoms with Crippen LogP contribution in [0.4, 0.5) is 8.78 Å². The maximum absolute atomic E-state index is 12.9. The molecule has 0 bridgehead atoms. The van der Waals surface area contributed by atoms with Gasteiger partial charge in [-0.15, -0.1) is 0 Å². The highest BCUT2D eigenvalue weighted by molar-refractivity contribution is 9.10. The lowest BCUT2D eigenvalue weighted by Gasteiger charge is -2.00. The summed E-state index contributed by atoms with van der Waals surface area (Å²) in [7, 11) is 0. The van der Waals surface area contributed by atoms with Crippen molar-refractivity contribution < 1.29 is 8.78 Å². The van der Waals surface area contributed by atoms with Gasteiger partial charge in [0.05, 0.1) is 6.54 Å². The zero-order chi connectivity index (χ0) is 9.84. The van der Waals surface area contributed by atoms with Gasteiger partial charge in [0.2, 0.25) is 0 Å². The Hall–Kier alpha value is -1.13. The molecule has 0 aromatic heterocycles. The Labute approximate surface area is 81.1 Å². The largest absolute Gasteiger partial charge is 0.204 e. The van der Waals surface area contributed by atoms with Crippen molar-refractivity contribution in [2.45, 2.75) is 6.54 Å². The van der Waals surface area contributed by atoms with Gasteiger partial charge in [0.25, 0.3) is 0 Å². The minimum absolute atomic E-state index is 0.0321. The summed E-state index contributed by atoms with van der Waals surface area (Å²) in [4.78, 5) is 2.45. The van der Waals surface area contributed by atoms with Crippen molar-refractivity contribution in [2.75, 3.05) is 0 Å². The second kappa shape index (κ2) is 4.20. The van der Waals surface area contributed by atoms with Crippen molar-refractivity contribution in [1.29, 1.82) is 0 Å². The summed E-state index contributed by atoms with van der Waals surface area (Å²) in [5.74, 6) is -1.94. The van der Waals surface area contributed by atoms with Crippen molar-refractivity contribution in [3.8, 4) is 0 Å². The van der Waals surface area contributed by atoms with E-state index in [1.807, 2.05) is 0 Å². The van der Waals surface area contributed by atoms with Gasteiger partial charge >= 0.3 is 0 Å². The molecule has 0 aliphatic rings. The Kier molecular flexibility index (Phi) is 3.22. The first-order chi connectivity index (χ1) is 6.15. The molecule has 0 N–H and O–H groups in total. The van der Waals surface area contributed by atoms with Crippen molar-refractivity contribution in [1.82, 2.24) is 0 Å². The number of rotatable bonds is 2. The van der Waals surface area contributed by atoms with Gasteiger partial charge < -0.3 is 0 Å². The summed E-state index contributed by atoms with van der Waals surface area (Å²) in [6.07, 6.45) is 0. The van der Waals surface area contributed by atoms with Crippen LogP contribution in [-0.2, 0) is 6.54 Å². The monoisotopic (exact) mass is 247 g/mol. The Morgan fingerprint density at radius 2 is 2.15 bits per heavy atom. The topological polar surface area (TPSA) is 48.8 Å². The molecule has 0 aliphatic heterocycles. The maximum atomic E-state index is 12.9. The van der Waals surface area contributed by atoms with Gasteiger partial charge in [0.15, 0.2) is 11.6 Å². The summed E-state index contributed by atoms with van der Waals surface area (Å²) in [5, 5.41) is 3.14. The number of benzene rings is 1. The van der Waals surface area contributed by atoms with Crippen molar-refractivity contribution in [3.05, 3.63) is 44.2 Å². The highest BCUT2D eigenvalue weighted by atomic mass is 79.9. The molecule has 0 fully saturated rings. The SMILES string of the molecule is [N-]=[N+]=NCc1cc(Br)cc(F)c1F. The molecule has 0 saturated carbocycles. The Morgan fingerprint density at radius 1 is 1.46 bits per heavy atom. The Morgan fingerprint density at radius 3 is 2.77 bits per heavy atom. The van der Waals surface area contributed by atoms with Crippen LogP contribution in [0, 0.1) is 11.6 Å². The fourth-order valence-corrected chi connectivity index (χ4v) is 1.31. The van der Waals surface area contributed by atoms with Crippen molar-refractivity contribution >= 4 is 15.9 Å². The Balaban J connectivity index is 3.12. The molecule has 3 nitrogen and oxygen atoms in total. The summed E-state index contributed by atoms with van der Waals surface area (Å²) in [6, 6.07) is 2.38. The van der Waals surface area contributed by atoms with Crippen LogP contribution in [0.25, 0.3) is 10.4 Å². The molecule has 0 amide bonds. The van der Waals surface area contributed by atoms with E-state index in [2.05, 4.69) is 26.0 Å². The zero-order valence-corrected chi connectivity index (χ0v) is 7.92. The summed E-state index contributed by atoms with van der Waals surface area (Å²) in [5.41, 5.74) is 8.02. The maximum Gasteiger partial charge on any atom is 0.162 e. The minimum Gasteiger partial charge on any atom is -0.204 e. The van der Waals surface area contributed by atoms with E-state index >= 15 is 0 Å². The van der Waals surface area contributed by atoms with Gasteiger partial charge in [-0.1, -0.05) is 21.0 Å². The first-order valence-electron chi connectivity index (χ1n) is 3.29. The molecule has 0 aliphatic carbocycles. The first-order valence-corrected chi connectivity index (χ1v) is 4.08. The predicted octanol–water partition coefficient (Wildman–Crippen LogP) is 3.54. The standard InChI is InChI=1S/C7H4BrF2N3/c8-5-1-4(3-12-13-11)7(10)6(9)2-5/h1-2H,3H2. The lowest BCUT2D eigenvalue weighted by Crippen LogP contribution is -1.92. The second-order valence-corrected chi connectivity index (χ2v) is 3.17. The van der Waals surface area contributed by atoms with Crippen LogP contribution in [0.2, 0.25) is 0 Å². The van der Waals surface area contributed by atoms with E-state index in [-0.39, 0.29) is 12.1 Å². The van der Waals surface area contributed by atoms with Crippen LogP contribution in [-0.4, -0.2) is 0 Å². The molecule has 1 aromatic rings. The minimum atomic E-state index is -0.976. The number of hydrogen-bond acceptors (Lipinski definition) is 1. The first kappa shape index (κ1) is 9.95. The van der Waals surface area contributed by atoms with E-state index in [1.54, 1.807) is 0 Å². The fourth-order valence-electron chi connectivity index (χ4n) is 0.832. The quantitative estimate of drug-likeness (QED) is 0.332. The number of halogens is 3. The normalized spacial score (nSPS) is 9.46. The summed E-state index contributed by atoms with van der Waals surface area (Å²) in [6.45, 7) is -0.196. The van der Waals surface area contributed by atoms with Crippen LogP contribution < -0.4 is 0 Å². The molecule has 0 spiro atoms. The molecular weight excluding hydrogens is 244 g/mol. The molecule has 1 aromatic carbocycles. The van der Waals surface area contributed by atoms with Crippen molar-refractivity contribution in [3.63, 3.8) is 0 Å². The number of nitrogens with zero attached hydrogens (tertiary/aromatic N) is 3. The average Bonchev–Trinajstić information content (AvgIpc) is 2.09. The van der Waals surface area contributed by atoms with Gasteiger partial charge in [0.1, 0.15) is 0 Å². The van der Waals surface area contributed by atoms with Crippen LogP contribution in [0.3, 0.4) is 0 Å². The van der Waals surface area contributed by atoms with E-state index in [0.29, 0.717) is 4.47 Å². The molecule has 0 saturated heterocycles. The fraction of sp³-hybridized carbons (Fsp3) is 0.143. The molecule has 0 atom stereocenters. The van der Waals surface area contributed by atoms with E-state index in [1.165, 1.54) is 6.07 Å². The highest BCUT2D eigenvalue weighted by Crippen LogP contribution is 2.19. The van der Waals surface area contributed by atoms with Crippen LogP contribution in [0.15, 0.2) is 21.7 Å². The second-order valence-electron chi connectivity index (χ2n) is 2.25. The lowest BCUT2D eigenvalue weighted by molar-refractivity contribution is 0.498. The van der Waals surface area contributed by atoms with Crippen molar-refractivity contribution in [2.24, 2.45) is 5.11 Å². The smallest absolute Gasteiger partial charge is 0.162 e. The molecule has 68 valence electrons. The average molecular weight is 248 g/mol. The summed E-state index contributed by atoms with van der Waals surface area (Å²) >= 11 is 3.00. The molecule has 0 unspecified atom stereocenters. The Bertz CT molecular complexity index is 374. The number of azide groups is 1. The third kappa shape index (κ3) is 2.40. The third-order valence-electron chi connectivity index (χ3n) is 1.37. The highest BCUT2D eigenvalue weighted by Gasteiger charge is 2.08. The molecule has 6 heteroatoms. The van der Waals surface area contributed by atoms with Crippen LogP contribution in [0.1, 0.15) is 5.56 Å². The molecule has 1 rings (SSSR count). The zero-order valence-electron chi connectivity index (χ0n) is 6.34. The predicted molar refractivity (Wildman–Crippen MR) is 46.9 cm³/mol. The van der Waals surface area contributed by atoms with Gasteiger partial charge in [-0.25, -0.2) is 8.78 Å². The third-order valence-corrected chi connectivity index (χ3v) is 1.83. The molecule has 0 heterocycles. The summed E-state index contributed by atoms with van der Waals surface area (Å²) < 4.78 is 26.1. The van der Waals surface area contributed by atoms with E-state index in [0.717, 1.165) is 6.07 Å². The van der Waals surface area contributed by atoms with Gasteiger partial charge in [-0.05, 0) is 23.2 Å². The number of hydrogen-bond donors (Lipinski definition) is 0. The van der Waals surface area contributed by atoms with E-state index in [9.17, 15) is 8.78 Å². The van der Waals surface area contributed by atoms with Gasteiger partial charge in [-0.2, -0.15) is 0 Å². The van der Waals surface area contributed by atoms with E-state index in [4.69, 9.17) is 5.53 Å². The van der Waals surface area contributed by atoms with Crippen LogP contribution in [0.5, 0.6) is 0 Å². The van der Waals surface area contributed by atoms with Gasteiger partial charge in [0, 0.05) is 9.38 Å². The molecular formula is C7H4BrF2N3.